The largest absolute Gasteiger partial charge is 0.376 e. The smallest absolute Gasteiger partial charge is 0.201 e. The average Bonchev–Trinajstić information content (AvgIpc) is 2.64. The van der Waals surface area contributed by atoms with Gasteiger partial charge in [-0.3, -0.25) is 4.79 Å². The number of hydrogen-bond donors (Lipinski definition) is 0. The van der Waals surface area contributed by atoms with E-state index in [1.807, 2.05) is 0 Å². The number of ketones is 1. The van der Waals surface area contributed by atoms with Crippen LogP contribution in [0.4, 0.5) is 0 Å². The molecule has 0 amide bonds. The normalized spacial score (nSPS) is 28.3. The molecule has 1 rings (SSSR count). The van der Waals surface area contributed by atoms with Crippen LogP contribution in [0.3, 0.4) is 0 Å². The minimum absolute atomic E-state index is 0.0349. The lowest BCUT2D eigenvalue weighted by Crippen LogP contribution is -2.33. The minimum Gasteiger partial charge on any atom is -0.376 e. The van der Waals surface area contributed by atoms with Crippen molar-refractivity contribution in [3.63, 3.8) is 0 Å². The summed E-state index contributed by atoms with van der Waals surface area (Å²) in [6.07, 6.45) is 2.82. The molecule has 17 heavy (non-hydrogen) atoms. The van der Waals surface area contributed by atoms with Crippen LogP contribution in [0.25, 0.3) is 0 Å². The Kier molecular flexibility index (Phi) is 6.50. The molecule has 4 nitrogen and oxygen atoms in total. The Labute approximate surface area is 106 Å². The van der Waals surface area contributed by atoms with E-state index in [-0.39, 0.29) is 11.0 Å². The maximum atomic E-state index is 11.9. The molecule has 0 aromatic rings. The monoisotopic (exact) mass is 258 g/mol. The number of thioether (sulfide) groups is 1. The SMILES string of the molecule is C=CCOC[C@H]1SC(OC)C(=O)[C@@H]1OCC=C. The second-order valence-electron chi connectivity index (χ2n) is 3.51. The molecular weight excluding hydrogens is 240 g/mol. The van der Waals surface area contributed by atoms with Gasteiger partial charge in [0.05, 0.1) is 25.1 Å². The van der Waals surface area contributed by atoms with Crippen LogP contribution in [0.5, 0.6) is 0 Å². The van der Waals surface area contributed by atoms with E-state index >= 15 is 0 Å². The minimum atomic E-state index is -0.479. The van der Waals surface area contributed by atoms with Crippen molar-refractivity contribution >= 4 is 17.5 Å². The molecule has 1 aliphatic heterocycles. The van der Waals surface area contributed by atoms with Crippen LogP contribution >= 0.6 is 11.8 Å². The van der Waals surface area contributed by atoms with Gasteiger partial charge in [-0.05, 0) is 0 Å². The van der Waals surface area contributed by atoms with E-state index in [4.69, 9.17) is 14.2 Å². The zero-order chi connectivity index (χ0) is 12.7. The summed E-state index contributed by atoms with van der Waals surface area (Å²) in [6.45, 7) is 8.41. The summed E-state index contributed by atoms with van der Waals surface area (Å²) in [4.78, 5) is 11.9. The Morgan fingerprint density at radius 1 is 1.35 bits per heavy atom. The first-order valence-electron chi connectivity index (χ1n) is 5.37. The lowest BCUT2D eigenvalue weighted by atomic mass is 10.2. The molecule has 1 heterocycles. The predicted molar refractivity (Wildman–Crippen MR) is 68.1 cm³/mol. The molecule has 5 heteroatoms. The predicted octanol–water partition coefficient (Wildman–Crippen LogP) is 1.42. The third-order valence-corrected chi connectivity index (χ3v) is 3.68. The molecular formula is C12H18O4S. The van der Waals surface area contributed by atoms with Crippen molar-refractivity contribution in [3.05, 3.63) is 25.3 Å². The van der Waals surface area contributed by atoms with Gasteiger partial charge in [0.2, 0.25) is 5.78 Å². The summed E-state index contributed by atoms with van der Waals surface area (Å²) in [5, 5.41) is -0.0349. The highest BCUT2D eigenvalue weighted by Gasteiger charge is 2.44. The number of carbonyl (C=O) groups excluding carboxylic acids is 1. The third-order valence-electron chi connectivity index (χ3n) is 2.27. The standard InChI is InChI=1S/C12H18O4S/c1-4-6-15-8-9-11(16-7-5-2)10(13)12(14-3)17-9/h4-5,9,11-12H,1-2,6-8H2,3H3/t9-,11-,12?/m1/s1. The zero-order valence-corrected chi connectivity index (χ0v) is 10.8. The average molecular weight is 258 g/mol. The van der Waals surface area contributed by atoms with Gasteiger partial charge in [-0.2, -0.15) is 0 Å². The van der Waals surface area contributed by atoms with Crippen molar-refractivity contribution in [2.24, 2.45) is 0 Å². The van der Waals surface area contributed by atoms with Crippen LogP contribution in [0.1, 0.15) is 0 Å². The Balaban J connectivity index is 2.54. The molecule has 0 aromatic carbocycles. The van der Waals surface area contributed by atoms with Crippen molar-refractivity contribution in [1.29, 1.82) is 0 Å². The highest BCUT2D eigenvalue weighted by Crippen LogP contribution is 2.33. The van der Waals surface area contributed by atoms with Gasteiger partial charge in [-0.25, -0.2) is 0 Å². The van der Waals surface area contributed by atoms with Crippen molar-refractivity contribution in [2.75, 3.05) is 26.9 Å². The van der Waals surface area contributed by atoms with E-state index in [0.29, 0.717) is 19.8 Å². The quantitative estimate of drug-likeness (QED) is 0.486. The molecule has 1 unspecified atom stereocenters. The molecule has 0 saturated carbocycles. The van der Waals surface area contributed by atoms with E-state index < -0.39 is 11.5 Å². The van der Waals surface area contributed by atoms with Crippen molar-refractivity contribution in [1.82, 2.24) is 0 Å². The van der Waals surface area contributed by atoms with E-state index in [9.17, 15) is 4.79 Å². The first kappa shape index (κ1) is 14.4. The number of carbonyl (C=O) groups is 1. The van der Waals surface area contributed by atoms with E-state index in [1.54, 1.807) is 12.2 Å². The molecule has 0 N–H and O–H groups in total. The fourth-order valence-electron chi connectivity index (χ4n) is 1.54. The third kappa shape index (κ3) is 3.96. The van der Waals surface area contributed by atoms with Crippen molar-refractivity contribution in [2.45, 2.75) is 16.8 Å². The van der Waals surface area contributed by atoms with Crippen LogP contribution in [0.15, 0.2) is 25.3 Å². The molecule has 1 saturated heterocycles. The van der Waals surface area contributed by atoms with Gasteiger partial charge in [0, 0.05) is 7.11 Å². The van der Waals surface area contributed by atoms with Crippen molar-refractivity contribution < 1.29 is 19.0 Å². The Morgan fingerprint density at radius 3 is 2.65 bits per heavy atom. The van der Waals surface area contributed by atoms with Gasteiger partial charge in [0.15, 0.2) is 5.44 Å². The number of Topliss-reactive ketones (excluding diaryl/α,β-unsaturated/α-hetero) is 1. The van der Waals surface area contributed by atoms with E-state index in [0.717, 1.165) is 0 Å². The van der Waals surface area contributed by atoms with Crippen LogP contribution in [-0.4, -0.2) is 49.5 Å². The molecule has 0 aromatic heterocycles. The van der Waals surface area contributed by atoms with Crippen LogP contribution in [-0.2, 0) is 19.0 Å². The van der Waals surface area contributed by atoms with E-state index in [1.165, 1.54) is 18.9 Å². The summed E-state index contributed by atoms with van der Waals surface area (Å²) < 4.78 is 15.9. The lowest BCUT2D eigenvalue weighted by molar-refractivity contribution is -0.134. The summed E-state index contributed by atoms with van der Waals surface area (Å²) in [5.41, 5.74) is -0.456. The van der Waals surface area contributed by atoms with Gasteiger partial charge in [-0.1, -0.05) is 12.2 Å². The van der Waals surface area contributed by atoms with Gasteiger partial charge in [0.25, 0.3) is 0 Å². The molecule has 96 valence electrons. The van der Waals surface area contributed by atoms with Crippen LogP contribution in [0, 0.1) is 0 Å². The second-order valence-corrected chi connectivity index (χ2v) is 4.82. The summed E-state index contributed by atoms with van der Waals surface area (Å²) >= 11 is 1.44. The number of methoxy groups -OCH3 is 1. The first-order valence-corrected chi connectivity index (χ1v) is 6.32. The molecule has 0 radical (unpaired) electrons. The van der Waals surface area contributed by atoms with Crippen molar-refractivity contribution in [3.8, 4) is 0 Å². The Morgan fingerprint density at radius 2 is 2.06 bits per heavy atom. The Hall–Kier alpha value is -0.620. The van der Waals surface area contributed by atoms with Gasteiger partial charge < -0.3 is 14.2 Å². The van der Waals surface area contributed by atoms with Gasteiger partial charge >= 0.3 is 0 Å². The highest BCUT2D eigenvalue weighted by molar-refractivity contribution is 8.01. The lowest BCUT2D eigenvalue weighted by Gasteiger charge is -2.16. The topological polar surface area (TPSA) is 44.8 Å². The van der Waals surface area contributed by atoms with Gasteiger partial charge in [0.1, 0.15) is 6.10 Å². The number of rotatable bonds is 8. The first-order chi connectivity index (χ1) is 8.24. The summed E-state index contributed by atoms with van der Waals surface area (Å²) in [7, 11) is 1.52. The maximum Gasteiger partial charge on any atom is 0.201 e. The molecule has 3 atom stereocenters. The fourth-order valence-corrected chi connectivity index (χ4v) is 2.77. The van der Waals surface area contributed by atoms with Crippen LogP contribution in [0.2, 0.25) is 0 Å². The van der Waals surface area contributed by atoms with Crippen LogP contribution < -0.4 is 0 Å². The molecule has 0 spiro atoms. The molecule has 0 aliphatic carbocycles. The number of ether oxygens (including phenoxy) is 3. The maximum absolute atomic E-state index is 11.9. The van der Waals surface area contributed by atoms with Gasteiger partial charge in [-0.15, -0.1) is 24.9 Å². The molecule has 1 aliphatic rings. The van der Waals surface area contributed by atoms with E-state index in [2.05, 4.69) is 13.2 Å². The summed E-state index contributed by atoms with van der Waals surface area (Å²) in [6, 6.07) is 0. The zero-order valence-electron chi connectivity index (χ0n) is 9.96. The number of hydrogen-bond acceptors (Lipinski definition) is 5. The Bertz CT molecular complexity index is 280. The second kappa shape index (κ2) is 7.66. The fraction of sp³-hybridized carbons (Fsp3) is 0.583. The molecule has 1 fully saturated rings. The highest BCUT2D eigenvalue weighted by atomic mass is 32.2. The summed E-state index contributed by atoms with van der Waals surface area (Å²) in [5.74, 6) is -0.0356. The molecule has 0 bridgehead atoms.